The Bertz CT molecular complexity index is 417. The van der Waals surface area contributed by atoms with Gasteiger partial charge in [-0.2, -0.15) is 0 Å². The van der Waals surface area contributed by atoms with E-state index < -0.39 is 17.4 Å². The van der Waals surface area contributed by atoms with Gasteiger partial charge in [0.15, 0.2) is 0 Å². The van der Waals surface area contributed by atoms with Crippen molar-refractivity contribution >= 4 is 23.3 Å². The van der Waals surface area contributed by atoms with Crippen LogP contribution in [0.5, 0.6) is 0 Å². The number of ether oxygens (including phenoxy) is 1. The summed E-state index contributed by atoms with van der Waals surface area (Å²) in [4.78, 5) is 22.9. The van der Waals surface area contributed by atoms with E-state index in [1.165, 1.54) is 18.4 Å². The lowest BCUT2D eigenvalue weighted by Gasteiger charge is -2.04. The average molecular weight is 226 g/mol. The SMILES string of the molecule is COC(=O)c1csc(C2(C(=O)O)CC2)c1. The van der Waals surface area contributed by atoms with Crippen LogP contribution in [0.15, 0.2) is 11.4 Å². The van der Waals surface area contributed by atoms with Gasteiger partial charge in [-0.25, -0.2) is 4.79 Å². The normalized spacial score (nSPS) is 17.1. The van der Waals surface area contributed by atoms with E-state index in [0.717, 1.165) is 4.88 Å². The predicted octanol–water partition coefficient (Wildman–Crippen LogP) is 1.65. The largest absolute Gasteiger partial charge is 0.481 e. The number of thiophene rings is 1. The smallest absolute Gasteiger partial charge is 0.338 e. The molecule has 80 valence electrons. The third-order valence-corrected chi connectivity index (χ3v) is 3.79. The van der Waals surface area contributed by atoms with E-state index in [1.807, 2.05) is 0 Å². The minimum Gasteiger partial charge on any atom is -0.481 e. The molecule has 1 fully saturated rings. The fourth-order valence-corrected chi connectivity index (χ4v) is 2.63. The predicted molar refractivity (Wildman–Crippen MR) is 54.2 cm³/mol. The van der Waals surface area contributed by atoms with Gasteiger partial charge >= 0.3 is 11.9 Å². The van der Waals surface area contributed by atoms with E-state index in [-0.39, 0.29) is 0 Å². The first kappa shape index (κ1) is 10.2. The summed E-state index contributed by atoms with van der Waals surface area (Å²) in [5.74, 6) is -1.22. The summed E-state index contributed by atoms with van der Waals surface area (Å²) in [6, 6.07) is 1.62. The lowest BCUT2D eigenvalue weighted by atomic mass is 10.1. The Labute approximate surface area is 90.5 Å². The standard InChI is InChI=1S/C10H10O4S/c1-14-8(11)6-4-7(15-5-6)10(2-3-10)9(12)13/h4-5H,2-3H2,1H3,(H,12,13). The summed E-state index contributed by atoms with van der Waals surface area (Å²) in [7, 11) is 1.31. The van der Waals surface area contributed by atoms with Gasteiger partial charge in [0, 0.05) is 10.3 Å². The summed E-state index contributed by atoms with van der Waals surface area (Å²) in [6.45, 7) is 0. The molecule has 1 aliphatic carbocycles. The highest BCUT2D eigenvalue weighted by molar-refractivity contribution is 7.10. The van der Waals surface area contributed by atoms with Crippen LogP contribution in [0.1, 0.15) is 28.1 Å². The number of esters is 1. The first-order valence-corrected chi connectivity index (χ1v) is 5.39. The topological polar surface area (TPSA) is 63.6 Å². The van der Waals surface area contributed by atoms with Crippen LogP contribution in [0.25, 0.3) is 0 Å². The zero-order valence-electron chi connectivity index (χ0n) is 8.15. The monoisotopic (exact) mass is 226 g/mol. The maximum Gasteiger partial charge on any atom is 0.338 e. The molecule has 0 aliphatic heterocycles. The van der Waals surface area contributed by atoms with Gasteiger partial charge in [-0.15, -0.1) is 11.3 Å². The Kier molecular flexibility index (Phi) is 2.26. The molecule has 0 atom stereocenters. The molecule has 0 radical (unpaired) electrons. The summed E-state index contributed by atoms with van der Waals surface area (Å²) in [5.41, 5.74) is -0.290. The number of hydrogen-bond acceptors (Lipinski definition) is 4. The molecule has 1 aliphatic rings. The number of methoxy groups -OCH3 is 1. The molecule has 1 saturated carbocycles. The molecule has 0 saturated heterocycles. The number of aliphatic carboxylic acids is 1. The van der Waals surface area contributed by atoms with Gasteiger partial charge in [-0.05, 0) is 18.9 Å². The van der Waals surface area contributed by atoms with Crippen molar-refractivity contribution in [2.75, 3.05) is 7.11 Å². The highest BCUT2D eigenvalue weighted by Gasteiger charge is 2.52. The van der Waals surface area contributed by atoms with Gasteiger partial charge in [0.2, 0.25) is 0 Å². The molecule has 15 heavy (non-hydrogen) atoms. The van der Waals surface area contributed by atoms with Crippen LogP contribution in [0, 0.1) is 0 Å². The van der Waals surface area contributed by atoms with Crippen molar-refractivity contribution in [3.8, 4) is 0 Å². The van der Waals surface area contributed by atoms with Gasteiger partial charge in [0.1, 0.15) is 5.41 Å². The molecule has 0 spiro atoms. The summed E-state index contributed by atoms with van der Waals surface area (Å²) in [6.07, 6.45) is 1.31. The van der Waals surface area contributed by atoms with E-state index in [4.69, 9.17) is 5.11 Å². The minimum absolute atomic E-state index is 0.418. The van der Waals surface area contributed by atoms with E-state index in [1.54, 1.807) is 11.4 Å². The number of rotatable bonds is 3. The maximum absolute atomic E-state index is 11.2. The Morgan fingerprint density at radius 3 is 2.67 bits per heavy atom. The molecule has 5 heteroatoms. The van der Waals surface area contributed by atoms with Gasteiger partial charge in [-0.3, -0.25) is 4.79 Å². The average Bonchev–Trinajstić information content (AvgIpc) is 2.90. The molecule has 0 unspecified atom stereocenters. The molecule has 1 N–H and O–H groups in total. The first-order valence-electron chi connectivity index (χ1n) is 4.51. The molecule has 2 rings (SSSR count). The minimum atomic E-state index is -0.805. The summed E-state index contributed by atoms with van der Waals surface area (Å²) >= 11 is 1.31. The number of carbonyl (C=O) groups is 2. The maximum atomic E-state index is 11.2. The highest BCUT2D eigenvalue weighted by Crippen LogP contribution is 2.50. The molecule has 1 aromatic rings. The zero-order valence-corrected chi connectivity index (χ0v) is 8.97. The van der Waals surface area contributed by atoms with E-state index in [2.05, 4.69) is 4.74 Å². The van der Waals surface area contributed by atoms with Crippen LogP contribution < -0.4 is 0 Å². The lowest BCUT2D eigenvalue weighted by Crippen LogP contribution is -2.17. The third-order valence-electron chi connectivity index (χ3n) is 2.65. The molecule has 1 heterocycles. The van der Waals surface area contributed by atoms with E-state index in [0.29, 0.717) is 18.4 Å². The molecule has 0 bridgehead atoms. The summed E-state index contributed by atoms with van der Waals surface area (Å²) in [5, 5.41) is 10.7. The van der Waals surface area contributed by atoms with Crippen molar-refractivity contribution in [2.45, 2.75) is 18.3 Å². The van der Waals surface area contributed by atoms with Crippen molar-refractivity contribution in [2.24, 2.45) is 0 Å². The second-order valence-electron chi connectivity index (χ2n) is 3.58. The van der Waals surface area contributed by atoms with E-state index in [9.17, 15) is 9.59 Å². The first-order chi connectivity index (χ1) is 7.10. The van der Waals surface area contributed by atoms with Crippen LogP contribution in [-0.2, 0) is 14.9 Å². The highest BCUT2D eigenvalue weighted by atomic mass is 32.1. The number of carboxylic acid groups (broad SMARTS) is 1. The summed E-state index contributed by atoms with van der Waals surface area (Å²) < 4.78 is 4.56. The van der Waals surface area contributed by atoms with Crippen molar-refractivity contribution in [3.05, 3.63) is 21.9 Å². The second-order valence-corrected chi connectivity index (χ2v) is 4.49. The quantitative estimate of drug-likeness (QED) is 0.796. The zero-order chi connectivity index (χ0) is 11.1. The van der Waals surface area contributed by atoms with E-state index >= 15 is 0 Å². The Balaban J connectivity index is 2.28. The van der Waals surface area contributed by atoms with Crippen molar-refractivity contribution in [1.82, 2.24) is 0 Å². The van der Waals surface area contributed by atoms with Crippen LogP contribution in [-0.4, -0.2) is 24.2 Å². The van der Waals surface area contributed by atoms with Gasteiger partial charge in [-0.1, -0.05) is 0 Å². The third kappa shape index (κ3) is 1.52. The van der Waals surface area contributed by atoms with Crippen LogP contribution in [0.3, 0.4) is 0 Å². The van der Waals surface area contributed by atoms with Crippen LogP contribution in [0.2, 0.25) is 0 Å². The molecular weight excluding hydrogens is 216 g/mol. The van der Waals surface area contributed by atoms with Gasteiger partial charge in [0.05, 0.1) is 12.7 Å². The molecular formula is C10H10O4S. The Morgan fingerprint density at radius 1 is 1.53 bits per heavy atom. The van der Waals surface area contributed by atoms with Gasteiger partial charge in [0.25, 0.3) is 0 Å². The lowest BCUT2D eigenvalue weighted by molar-refractivity contribution is -0.139. The Morgan fingerprint density at radius 2 is 2.20 bits per heavy atom. The number of carboxylic acids is 1. The van der Waals surface area contributed by atoms with Crippen LogP contribution >= 0.6 is 11.3 Å². The van der Waals surface area contributed by atoms with Gasteiger partial charge < -0.3 is 9.84 Å². The fraction of sp³-hybridized carbons (Fsp3) is 0.400. The van der Waals surface area contributed by atoms with Crippen molar-refractivity contribution < 1.29 is 19.4 Å². The Hall–Kier alpha value is -1.36. The van der Waals surface area contributed by atoms with Crippen molar-refractivity contribution in [3.63, 3.8) is 0 Å². The number of hydrogen-bond donors (Lipinski definition) is 1. The second kappa shape index (κ2) is 3.34. The molecule has 0 amide bonds. The number of carbonyl (C=O) groups excluding carboxylic acids is 1. The van der Waals surface area contributed by atoms with Crippen molar-refractivity contribution in [1.29, 1.82) is 0 Å². The molecule has 0 aromatic carbocycles. The molecule has 1 aromatic heterocycles. The fourth-order valence-electron chi connectivity index (χ4n) is 1.50. The van der Waals surface area contributed by atoms with Crippen LogP contribution in [0.4, 0.5) is 0 Å². The molecule has 4 nitrogen and oxygen atoms in total.